The fourth-order valence-corrected chi connectivity index (χ4v) is 1.64. The molecule has 0 aliphatic carbocycles. The van der Waals surface area contributed by atoms with Gasteiger partial charge in [0.25, 0.3) is 0 Å². The number of nitrogens with two attached hydrogens (primary N) is 1. The van der Waals surface area contributed by atoms with Crippen LogP contribution in [0.25, 0.3) is 0 Å². The van der Waals surface area contributed by atoms with E-state index < -0.39 is 0 Å². The van der Waals surface area contributed by atoms with Crippen LogP contribution in [0.2, 0.25) is 0 Å². The number of hydrogen-bond donors (Lipinski definition) is 1. The molecule has 1 aromatic rings. The van der Waals surface area contributed by atoms with E-state index in [1.54, 1.807) is 0 Å². The van der Waals surface area contributed by atoms with Gasteiger partial charge in [-0.2, -0.15) is 5.10 Å². The molecule has 0 saturated carbocycles. The Morgan fingerprint density at radius 1 is 1.33 bits per heavy atom. The second-order valence-corrected chi connectivity index (χ2v) is 3.44. The van der Waals surface area contributed by atoms with Crippen LogP contribution in [-0.2, 0) is 19.9 Å². The van der Waals surface area contributed by atoms with Crippen LogP contribution >= 0.6 is 0 Å². The summed E-state index contributed by atoms with van der Waals surface area (Å²) in [6, 6.07) is 0. The highest BCUT2D eigenvalue weighted by molar-refractivity contribution is 5.42. The van der Waals surface area contributed by atoms with Crippen LogP contribution in [0.4, 0.5) is 0 Å². The van der Waals surface area contributed by atoms with Crippen LogP contribution in [0.3, 0.4) is 0 Å². The van der Waals surface area contributed by atoms with Crippen molar-refractivity contribution in [2.75, 3.05) is 6.54 Å². The van der Waals surface area contributed by atoms with E-state index in [2.05, 4.69) is 30.8 Å². The Hall–Kier alpha value is -1.27. The van der Waals surface area contributed by atoms with E-state index in [0.29, 0.717) is 6.54 Å². The summed E-state index contributed by atoms with van der Waals surface area (Å²) >= 11 is 0. The SMILES string of the molecule is CCc1nn(C)c(CC)c1C#CCCN. The lowest BCUT2D eigenvalue weighted by Crippen LogP contribution is -1.97. The predicted octanol–water partition coefficient (Wildman–Crippen LogP) is 1.25. The van der Waals surface area contributed by atoms with Gasteiger partial charge in [0, 0.05) is 20.0 Å². The van der Waals surface area contributed by atoms with Crippen LogP contribution < -0.4 is 5.73 Å². The van der Waals surface area contributed by atoms with Gasteiger partial charge in [0.1, 0.15) is 0 Å². The Kier molecular flexibility index (Phi) is 4.38. The highest BCUT2D eigenvalue weighted by atomic mass is 15.3. The van der Waals surface area contributed by atoms with E-state index >= 15 is 0 Å². The van der Waals surface area contributed by atoms with Crippen molar-refractivity contribution in [3.63, 3.8) is 0 Å². The zero-order chi connectivity index (χ0) is 11.3. The van der Waals surface area contributed by atoms with E-state index in [1.165, 1.54) is 5.69 Å². The summed E-state index contributed by atoms with van der Waals surface area (Å²) in [5.74, 6) is 6.28. The number of nitrogens with zero attached hydrogens (tertiary/aromatic N) is 2. The second kappa shape index (κ2) is 5.57. The molecule has 0 fully saturated rings. The lowest BCUT2D eigenvalue weighted by molar-refractivity contribution is 0.704. The van der Waals surface area contributed by atoms with Gasteiger partial charge in [0.2, 0.25) is 0 Å². The zero-order valence-electron chi connectivity index (χ0n) is 9.80. The minimum Gasteiger partial charge on any atom is -0.330 e. The van der Waals surface area contributed by atoms with Crippen molar-refractivity contribution in [2.24, 2.45) is 12.8 Å². The Bertz CT molecular complexity index is 380. The van der Waals surface area contributed by atoms with Crippen LogP contribution in [0, 0.1) is 11.8 Å². The Labute approximate surface area is 91.7 Å². The molecule has 0 unspecified atom stereocenters. The monoisotopic (exact) mass is 205 g/mol. The average molecular weight is 205 g/mol. The van der Waals surface area contributed by atoms with Crippen molar-refractivity contribution in [2.45, 2.75) is 33.1 Å². The molecule has 3 nitrogen and oxygen atoms in total. The van der Waals surface area contributed by atoms with Crippen LogP contribution in [-0.4, -0.2) is 16.3 Å². The van der Waals surface area contributed by atoms with E-state index in [1.807, 2.05) is 11.7 Å². The number of aromatic nitrogens is 2. The zero-order valence-corrected chi connectivity index (χ0v) is 9.80. The first-order valence-electron chi connectivity index (χ1n) is 5.48. The first kappa shape index (κ1) is 11.8. The fourth-order valence-electron chi connectivity index (χ4n) is 1.64. The molecule has 3 heteroatoms. The topological polar surface area (TPSA) is 43.8 Å². The second-order valence-electron chi connectivity index (χ2n) is 3.44. The van der Waals surface area contributed by atoms with Crippen molar-refractivity contribution in [3.8, 4) is 11.8 Å². The average Bonchev–Trinajstić information content (AvgIpc) is 2.55. The standard InChI is InChI=1S/C12H19N3/c1-4-11-10(8-6-7-9-13)12(5-2)15(3)14-11/h4-5,7,9,13H2,1-3H3. The van der Waals surface area contributed by atoms with Gasteiger partial charge in [-0.25, -0.2) is 0 Å². The smallest absolute Gasteiger partial charge is 0.0781 e. The molecule has 0 atom stereocenters. The molecule has 1 heterocycles. The summed E-state index contributed by atoms with van der Waals surface area (Å²) in [5, 5.41) is 4.46. The maximum Gasteiger partial charge on any atom is 0.0781 e. The molecule has 1 aromatic heterocycles. The third-order valence-electron chi connectivity index (χ3n) is 2.39. The minimum atomic E-state index is 0.621. The Morgan fingerprint density at radius 2 is 2.07 bits per heavy atom. The molecule has 0 amide bonds. The van der Waals surface area contributed by atoms with E-state index in [9.17, 15) is 0 Å². The molecular formula is C12H19N3. The van der Waals surface area contributed by atoms with Gasteiger partial charge >= 0.3 is 0 Å². The molecule has 82 valence electrons. The third kappa shape index (κ3) is 2.60. The van der Waals surface area contributed by atoms with Crippen LogP contribution in [0.5, 0.6) is 0 Å². The van der Waals surface area contributed by atoms with E-state index in [-0.39, 0.29) is 0 Å². The molecule has 0 aliphatic heterocycles. The lowest BCUT2D eigenvalue weighted by Gasteiger charge is -1.96. The molecular weight excluding hydrogens is 186 g/mol. The van der Waals surface area contributed by atoms with Crippen LogP contribution in [0.15, 0.2) is 0 Å². The van der Waals surface area contributed by atoms with Crippen molar-refractivity contribution in [1.82, 2.24) is 9.78 Å². The fraction of sp³-hybridized carbons (Fsp3) is 0.583. The quantitative estimate of drug-likeness (QED) is 0.755. The third-order valence-corrected chi connectivity index (χ3v) is 2.39. The van der Waals surface area contributed by atoms with Crippen molar-refractivity contribution >= 4 is 0 Å². The van der Waals surface area contributed by atoms with Crippen molar-refractivity contribution < 1.29 is 0 Å². The molecule has 0 saturated heterocycles. The van der Waals surface area contributed by atoms with Gasteiger partial charge in [-0.15, -0.1) is 0 Å². The number of hydrogen-bond acceptors (Lipinski definition) is 2. The van der Waals surface area contributed by atoms with Gasteiger partial charge in [0.15, 0.2) is 0 Å². The van der Waals surface area contributed by atoms with Crippen molar-refractivity contribution in [1.29, 1.82) is 0 Å². The first-order valence-corrected chi connectivity index (χ1v) is 5.48. The van der Waals surface area contributed by atoms with Crippen molar-refractivity contribution in [3.05, 3.63) is 17.0 Å². The number of aryl methyl sites for hydroxylation is 2. The summed E-state index contributed by atoms with van der Waals surface area (Å²) < 4.78 is 1.94. The predicted molar refractivity (Wildman–Crippen MR) is 62.5 cm³/mol. The lowest BCUT2D eigenvalue weighted by atomic mass is 10.1. The highest BCUT2D eigenvalue weighted by Gasteiger charge is 2.10. The first-order chi connectivity index (χ1) is 7.24. The molecule has 2 N–H and O–H groups in total. The Morgan fingerprint density at radius 3 is 2.60 bits per heavy atom. The van der Waals surface area contributed by atoms with E-state index in [0.717, 1.165) is 30.5 Å². The maximum atomic E-state index is 5.42. The summed E-state index contributed by atoms with van der Waals surface area (Å²) in [6.07, 6.45) is 2.65. The molecule has 1 rings (SSSR count). The summed E-state index contributed by atoms with van der Waals surface area (Å²) in [4.78, 5) is 0. The van der Waals surface area contributed by atoms with Gasteiger partial charge < -0.3 is 5.73 Å². The maximum absolute atomic E-state index is 5.42. The highest BCUT2D eigenvalue weighted by Crippen LogP contribution is 2.13. The molecule has 0 bridgehead atoms. The van der Waals surface area contributed by atoms with Gasteiger partial charge in [-0.3, -0.25) is 4.68 Å². The van der Waals surface area contributed by atoms with Crippen LogP contribution in [0.1, 0.15) is 37.2 Å². The molecule has 15 heavy (non-hydrogen) atoms. The molecule has 0 spiro atoms. The summed E-state index contributed by atoms with van der Waals surface area (Å²) in [6.45, 7) is 4.86. The van der Waals surface area contributed by atoms with E-state index in [4.69, 9.17) is 5.73 Å². The normalized spacial score (nSPS) is 9.87. The summed E-state index contributed by atoms with van der Waals surface area (Å²) in [7, 11) is 1.98. The van der Waals surface area contributed by atoms with Gasteiger partial charge in [-0.05, 0) is 12.8 Å². The number of rotatable bonds is 3. The Balaban J connectivity index is 3.08. The van der Waals surface area contributed by atoms with Gasteiger partial charge in [0.05, 0.1) is 17.0 Å². The largest absolute Gasteiger partial charge is 0.330 e. The molecule has 0 aliphatic rings. The van der Waals surface area contributed by atoms with Gasteiger partial charge in [-0.1, -0.05) is 25.7 Å². The summed E-state index contributed by atoms with van der Waals surface area (Å²) in [5.41, 5.74) is 8.84. The minimum absolute atomic E-state index is 0.621. The molecule has 0 radical (unpaired) electrons. The molecule has 0 aromatic carbocycles.